The van der Waals surface area contributed by atoms with Gasteiger partial charge in [0, 0.05) is 36.1 Å². The van der Waals surface area contributed by atoms with Crippen LogP contribution in [0.3, 0.4) is 0 Å². The summed E-state index contributed by atoms with van der Waals surface area (Å²) in [6.07, 6.45) is 0.0207. The van der Waals surface area contributed by atoms with E-state index in [1.54, 1.807) is 12.3 Å². The first kappa shape index (κ1) is 42.1. The van der Waals surface area contributed by atoms with Crippen LogP contribution < -0.4 is 4.40 Å². The molecule has 0 aliphatic carbocycles. The van der Waals surface area contributed by atoms with E-state index in [2.05, 4.69) is 186 Å². The summed E-state index contributed by atoms with van der Waals surface area (Å²) in [5.41, 5.74) is 8.04. The van der Waals surface area contributed by atoms with E-state index in [0.717, 1.165) is 32.9 Å². The quantitative estimate of drug-likeness (QED) is 0.0904. The van der Waals surface area contributed by atoms with Crippen LogP contribution >= 0.6 is 11.3 Å². The Bertz CT molecular complexity index is 3910. The van der Waals surface area contributed by atoms with Crippen molar-refractivity contribution in [2.45, 2.75) is 71.0 Å². The zero-order valence-electron chi connectivity index (χ0n) is 45.0. The van der Waals surface area contributed by atoms with E-state index in [0.29, 0.717) is 11.5 Å². The normalized spacial score (nSPS) is 13.4. The molecular formula is C62H56FGeIrN3S-2. The maximum atomic E-state index is 14.7. The van der Waals surface area contributed by atoms with Gasteiger partial charge in [-0.1, -0.05) is 134 Å². The molecular weight excluding hydrogens is 1100 g/mol. The molecule has 0 bridgehead atoms. The zero-order chi connectivity index (χ0) is 51.8. The molecule has 3 nitrogen and oxygen atoms in total. The molecule has 69 heavy (non-hydrogen) atoms. The van der Waals surface area contributed by atoms with Crippen molar-refractivity contribution in [3.8, 4) is 39.5 Å². The first-order valence-electron chi connectivity index (χ1n) is 25.7. The number of aromatic nitrogens is 3. The molecule has 11 rings (SSSR count). The van der Waals surface area contributed by atoms with Gasteiger partial charge < -0.3 is 4.57 Å². The molecule has 0 N–H and O–H groups in total. The van der Waals surface area contributed by atoms with Crippen LogP contribution in [-0.2, 0) is 26.5 Å². The van der Waals surface area contributed by atoms with Crippen LogP contribution in [0.25, 0.3) is 92.2 Å². The maximum Gasteiger partial charge on any atom is 0 e. The number of para-hydroxylation sites is 3. The number of hydrogen-bond acceptors (Lipinski definition) is 3. The molecule has 0 fully saturated rings. The molecule has 347 valence electrons. The fourth-order valence-corrected chi connectivity index (χ4v) is 13.6. The van der Waals surface area contributed by atoms with Gasteiger partial charge in [0.15, 0.2) is 0 Å². The molecule has 0 amide bonds. The molecule has 0 aliphatic rings. The van der Waals surface area contributed by atoms with Gasteiger partial charge in [0.25, 0.3) is 0 Å². The monoisotopic (exact) mass is 1170 g/mol. The van der Waals surface area contributed by atoms with E-state index in [9.17, 15) is 4.39 Å². The second-order valence-corrected chi connectivity index (χ2v) is 31.5. The molecule has 0 unspecified atom stereocenters. The Labute approximate surface area is 433 Å². The van der Waals surface area contributed by atoms with Crippen molar-refractivity contribution in [3.63, 3.8) is 0 Å². The van der Waals surface area contributed by atoms with Gasteiger partial charge in [-0.25, -0.2) is 0 Å². The number of nitrogens with zero attached hydrogens (tertiary/aromatic N) is 3. The van der Waals surface area contributed by atoms with Gasteiger partial charge in [-0.2, -0.15) is 11.3 Å². The molecule has 11 aromatic rings. The second-order valence-electron chi connectivity index (χ2n) is 19.9. The number of benzene rings is 8. The fraction of sp³-hybridized carbons (Fsp3) is 0.194. The van der Waals surface area contributed by atoms with Crippen molar-refractivity contribution < 1.29 is 31.3 Å². The summed E-state index contributed by atoms with van der Waals surface area (Å²) >= 11 is -0.605. The topological polar surface area (TPSA) is 30.7 Å². The molecule has 3 aromatic heterocycles. The molecule has 0 saturated carbocycles. The molecule has 0 aliphatic heterocycles. The van der Waals surface area contributed by atoms with E-state index in [1.807, 2.05) is 32.1 Å². The summed E-state index contributed by atoms with van der Waals surface area (Å²) in [5, 5.41) is 7.68. The Kier molecular flexibility index (Phi) is 11.7. The average Bonchev–Trinajstić information content (AvgIpc) is 3.95. The number of halogens is 1. The van der Waals surface area contributed by atoms with Crippen LogP contribution in [0.5, 0.6) is 0 Å². The van der Waals surface area contributed by atoms with Gasteiger partial charge in [-0.15, -0.1) is 18.2 Å². The van der Waals surface area contributed by atoms with Crippen LogP contribution in [-0.4, -0.2) is 27.8 Å². The Morgan fingerprint density at radius 2 is 1.46 bits per heavy atom. The molecule has 1 radical (unpaired) electrons. The number of pyridine rings is 1. The zero-order valence-corrected chi connectivity index (χ0v) is 45.4. The first-order valence-corrected chi connectivity index (χ1v) is 31.4. The maximum absolute atomic E-state index is 14.7. The third-order valence-electron chi connectivity index (χ3n) is 12.5. The first-order chi connectivity index (χ1) is 34.6. The van der Waals surface area contributed by atoms with E-state index in [-0.39, 0.29) is 36.9 Å². The Balaban J connectivity index is 0.000000202. The smallest absolute Gasteiger partial charge is 0 e. The predicted molar refractivity (Wildman–Crippen MR) is 292 cm³/mol. The van der Waals surface area contributed by atoms with Gasteiger partial charge in [0.2, 0.25) is 0 Å². The summed E-state index contributed by atoms with van der Waals surface area (Å²) < 4.78 is 60.3. The minimum absolute atomic E-state index is 0. The number of fused-ring (bicyclic) bond motifs is 8. The average molecular weight is 1160 g/mol. The Morgan fingerprint density at radius 1 is 0.754 bits per heavy atom. The van der Waals surface area contributed by atoms with Gasteiger partial charge in [-0.3, -0.25) is 4.98 Å². The standard InChI is InChI=1S/C42H29N2S.C20H27FGeN.Ir/c1-26(2)29-16-10-17-31(27-12-4-3-5-13-27)39(29)44-38-21-9-8-20-37(38)43-42(44)36-19-11-18-33-35-25-24-32-30-15-7-6-14-28(30)22-23-34(32)40(35)45-41(33)36;1-14-8-9-16(17(21)10-14)19-11-15(12-20(2,3)4)18(13-23-19)22(5,6)7;/h3-18,20-26H,1-2H3;8,10-11,13H,12H2,1-7H3;/q2*-1;/i;1D3,12D2;. The van der Waals surface area contributed by atoms with Crippen molar-refractivity contribution in [1.82, 2.24) is 14.5 Å². The predicted octanol–water partition coefficient (Wildman–Crippen LogP) is 17.1. The molecule has 0 saturated heterocycles. The van der Waals surface area contributed by atoms with Gasteiger partial charge in [-0.05, 0) is 60.8 Å². The van der Waals surface area contributed by atoms with E-state index >= 15 is 0 Å². The van der Waals surface area contributed by atoms with Crippen LogP contribution in [0.1, 0.15) is 64.1 Å². The summed E-state index contributed by atoms with van der Waals surface area (Å²) in [6, 6.07) is 58.3. The Hall–Kier alpha value is -5.76. The summed E-state index contributed by atoms with van der Waals surface area (Å²) in [6.45, 7) is 7.65. The number of rotatable bonds is 7. The van der Waals surface area contributed by atoms with Crippen LogP contribution in [0.15, 0.2) is 158 Å². The largest absolute Gasteiger partial charge is 0 e. The van der Waals surface area contributed by atoms with Gasteiger partial charge in [0.05, 0.1) is 16.9 Å². The number of aryl methyl sites for hydroxylation is 1. The van der Waals surface area contributed by atoms with Crippen molar-refractivity contribution in [2.24, 2.45) is 5.41 Å². The molecule has 8 aromatic carbocycles. The van der Waals surface area contributed by atoms with Crippen molar-refractivity contribution in [1.29, 1.82) is 0 Å². The Morgan fingerprint density at radius 3 is 2.22 bits per heavy atom. The number of thiophene rings is 1. The minimum atomic E-state index is -2.47. The molecule has 3 heterocycles. The van der Waals surface area contributed by atoms with E-state index < -0.39 is 37.7 Å². The molecule has 0 spiro atoms. The second kappa shape index (κ2) is 19.2. The summed E-state index contributed by atoms with van der Waals surface area (Å²) in [5.74, 6) is 7.01. The SMILES string of the molecule is CC(C)c1cccc(-c2ccccc2)c1-n1c(-c2[c-]ccc3c2sc2c3ccc3c4ccccc4ccc32)nc2ccccc21.[2H]C([2H])([2H])c1c[c-]c(-c2cc(C([2H])([2H])C(C)(C)C)[c]([Ge]([CH3])([CH3])[CH3])cn2)c(F)c1.[Ir]. The third kappa shape index (κ3) is 9.37. The van der Waals surface area contributed by atoms with Gasteiger partial charge >= 0.3 is 149 Å². The van der Waals surface area contributed by atoms with E-state index in [4.69, 9.17) is 11.8 Å². The molecule has 7 heteroatoms. The number of imidazole rings is 1. The van der Waals surface area contributed by atoms with Gasteiger partial charge in [0.1, 0.15) is 0 Å². The fourth-order valence-electron chi connectivity index (χ4n) is 9.36. The van der Waals surface area contributed by atoms with Crippen molar-refractivity contribution >= 4 is 81.7 Å². The minimum Gasteiger partial charge on any atom is 0 e. The third-order valence-corrected chi connectivity index (χ3v) is 18.0. The van der Waals surface area contributed by atoms with E-state index in [1.165, 1.54) is 70.2 Å². The number of hydrogen-bond donors (Lipinski definition) is 0. The van der Waals surface area contributed by atoms with Crippen molar-refractivity contribution in [2.75, 3.05) is 0 Å². The summed E-state index contributed by atoms with van der Waals surface area (Å²) in [4.78, 5) is 9.75. The molecule has 0 atom stereocenters. The van der Waals surface area contributed by atoms with Crippen LogP contribution in [0.4, 0.5) is 4.39 Å². The van der Waals surface area contributed by atoms with Crippen LogP contribution in [0.2, 0.25) is 17.3 Å². The van der Waals surface area contributed by atoms with Crippen molar-refractivity contribution in [3.05, 3.63) is 192 Å². The summed E-state index contributed by atoms with van der Waals surface area (Å²) in [7, 11) is 0. The van der Waals surface area contributed by atoms with Crippen LogP contribution in [0, 0.1) is 30.2 Å².